The highest BCUT2D eigenvalue weighted by Gasteiger charge is 2.45. The number of aromatic nitrogens is 2. The van der Waals surface area contributed by atoms with E-state index in [0.29, 0.717) is 71.8 Å². The molecule has 0 radical (unpaired) electrons. The molecule has 2 atom stereocenters. The predicted molar refractivity (Wildman–Crippen MR) is 175 cm³/mol. The quantitative estimate of drug-likeness (QED) is 0.224. The van der Waals surface area contributed by atoms with E-state index in [-0.39, 0.29) is 11.8 Å². The molecule has 0 bridgehead atoms. The molecule has 0 N–H and O–H groups in total. The summed E-state index contributed by atoms with van der Waals surface area (Å²) in [6.07, 6.45) is 4.78. The Morgan fingerprint density at radius 2 is 1.61 bits per heavy atom. The topological polar surface area (TPSA) is 108 Å². The number of carbonyl (C=O) groups excluding carboxylic acids is 1. The monoisotopic (exact) mass is 676 g/mol. The molecular formula is C30H34Cl2N6O4S2. The van der Waals surface area contributed by atoms with Crippen molar-refractivity contribution >= 4 is 56.7 Å². The number of amides is 2. The molecule has 3 heterocycles. The summed E-state index contributed by atoms with van der Waals surface area (Å²) in [5.74, 6) is 0.837. The summed E-state index contributed by atoms with van der Waals surface area (Å²) in [6.45, 7) is 4.67. The number of benzene rings is 2. The average molecular weight is 678 g/mol. The first-order chi connectivity index (χ1) is 21.1. The van der Waals surface area contributed by atoms with Gasteiger partial charge in [-0.2, -0.15) is 4.98 Å². The normalized spacial score (nSPS) is 19.2. The van der Waals surface area contributed by atoms with E-state index in [2.05, 4.69) is 14.9 Å². The van der Waals surface area contributed by atoms with Crippen LogP contribution in [-0.4, -0.2) is 103 Å². The molecule has 5 rings (SSSR count). The number of halogens is 2. The smallest absolute Gasteiger partial charge is 0.326 e. The van der Waals surface area contributed by atoms with Crippen molar-refractivity contribution in [2.45, 2.75) is 24.2 Å². The Balaban J connectivity index is 1.58. The number of hydrogen-bond acceptors (Lipinski definition) is 9. The highest BCUT2D eigenvalue weighted by Crippen LogP contribution is 2.45. The first kappa shape index (κ1) is 32.5. The summed E-state index contributed by atoms with van der Waals surface area (Å²) in [4.78, 5) is 34.5. The second-order valence-electron chi connectivity index (χ2n) is 10.6. The maximum absolute atomic E-state index is 14.6. The molecule has 2 unspecified atom stereocenters. The number of thioether (sulfide) groups is 1. The Hall–Kier alpha value is -2.90. The minimum absolute atomic E-state index is 0.0809. The van der Waals surface area contributed by atoms with Crippen molar-refractivity contribution in [2.75, 3.05) is 57.6 Å². The van der Waals surface area contributed by atoms with E-state index in [0.717, 1.165) is 11.1 Å². The van der Waals surface area contributed by atoms with Crippen LogP contribution < -0.4 is 4.74 Å². The van der Waals surface area contributed by atoms with Gasteiger partial charge in [-0.25, -0.2) is 18.2 Å². The highest BCUT2D eigenvalue weighted by molar-refractivity contribution is 7.98. The molecule has 1 fully saturated rings. The van der Waals surface area contributed by atoms with Gasteiger partial charge in [-0.1, -0.05) is 59.2 Å². The molecule has 0 saturated carbocycles. The van der Waals surface area contributed by atoms with Gasteiger partial charge in [0.15, 0.2) is 5.16 Å². The number of carbonyl (C=O) groups is 1. The lowest BCUT2D eigenvalue weighted by molar-refractivity contribution is 0.122. The van der Waals surface area contributed by atoms with Gasteiger partial charge in [0.1, 0.15) is 21.7 Å². The predicted octanol–water partition coefficient (Wildman–Crippen LogP) is 5.23. The number of sulfone groups is 1. The van der Waals surface area contributed by atoms with Gasteiger partial charge in [-0.15, -0.1) is 0 Å². The minimum Gasteiger partial charge on any atom is -0.477 e. The number of nitrogens with zero attached hydrogens (tertiary/aromatic N) is 6. The molecule has 0 aliphatic carbocycles. The van der Waals surface area contributed by atoms with Crippen molar-refractivity contribution < 1.29 is 17.9 Å². The van der Waals surface area contributed by atoms with Crippen LogP contribution in [0.1, 0.15) is 35.7 Å². The number of aliphatic imine (C=N–C) groups is 1. The molecule has 2 amide bonds. The molecule has 2 aliphatic rings. The zero-order valence-corrected chi connectivity index (χ0v) is 27.8. The Morgan fingerprint density at radius 1 is 1.00 bits per heavy atom. The van der Waals surface area contributed by atoms with Crippen LogP contribution >= 0.6 is 35.0 Å². The fourth-order valence-corrected chi connectivity index (χ4v) is 6.49. The molecule has 44 heavy (non-hydrogen) atoms. The molecule has 234 valence electrons. The third kappa shape index (κ3) is 7.48. The van der Waals surface area contributed by atoms with Crippen LogP contribution in [0.15, 0.2) is 64.9 Å². The van der Waals surface area contributed by atoms with E-state index >= 15 is 0 Å². The standard InChI is InChI=1S/C30H34Cl2N6O4S2/c1-4-42-28-24(19-33-29(35-28)43-2)27-34-25(20-5-9-22(31)10-6-20)26(21-7-11-23(32)12-8-21)38(27)30(39)37-15-13-36(14-16-37)17-18-44(3,40)41/h5-12,19,25-26H,4,13-18H2,1-3H3. The van der Waals surface area contributed by atoms with Gasteiger partial charge < -0.3 is 9.64 Å². The first-order valence-corrected chi connectivity index (χ1v) is 18.2. The maximum atomic E-state index is 14.6. The van der Waals surface area contributed by atoms with Gasteiger partial charge in [0.25, 0.3) is 0 Å². The Labute approximate surface area is 272 Å². The largest absolute Gasteiger partial charge is 0.477 e. The van der Waals surface area contributed by atoms with Crippen LogP contribution in [0.3, 0.4) is 0 Å². The van der Waals surface area contributed by atoms with E-state index in [1.54, 1.807) is 28.1 Å². The van der Waals surface area contributed by atoms with E-state index in [9.17, 15) is 13.2 Å². The lowest BCUT2D eigenvalue weighted by atomic mass is 9.94. The summed E-state index contributed by atoms with van der Waals surface area (Å²) in [5, 5.41) is 1.72. The van der Waals surface area contributed by atoms with Gasteiger partial charge in [0.05, 0.1) is 24.0 Å². The lowest BCUT2D eigenvalue weighted by Gasteiger charge is -2.39. The Morgan fingerprint density at radius 3 is 2.18 bits per heavy atom. The number of rotatable bonds is 9. The van der Waals surface area contributed by atoms with Crippen molar-refractivity contribution in [3.63, 3.8) is 0 Å². The third-order valence-corrected chi connectivity index (χ3v) is 9.54. The number of urea groups is 1. The van der Waals surface area contributed by atoms with E-state index < -0.39 is 21.9 Å². The number of hydrogen-bond donors (Lipinski definition) is 0. The Kier molecular flexibility index (Phi) is 10.4. The lowest BCUT2D eigenvalue weighted by Crippen LogP contribution is -2.54. The van der Waals surface area contributed by atoms with Crippen LogP contribution in [0.5, 0.6) is 5.88 Å². The molecule has 1 saturated heterocycles. The summed E-state index contributed by atoms with van der Waals surface area (Å²) < 4.78 is 29.4. The number of ether oxygens (including phenoxy) is 1. The average Bonchev–Trinajstić information content (AvgIpc) is 3.40. The van der Waals surface area contributed by atoms with Gasteiger partial charge in [-0.3, -0.25) is 14.8 Å². The first-order valence-electron chi connectivity index (χ1n) is 14.2. The zero-order valence-electron chi connectivity index (χ0n) is 24.7. The van der Waals surface area contributed by atoms with Crippen molar-refractivity contribution in [3.05, 3.63) is 81.5 Å². The second-order valence-corrected chi connectivity index (χ2v) is 14.5. The fraction of sp³-hybridized carbons (Fsp3) is 0.400. The zero-order chi connectivity index (χ0) is 31.4. The van der Waals surface area contributed by atoms with E-state index in [4.69, 9.17) is 32.9 Å². The van der Waals surface area contributed by atoms with Crippen molar-refractivity contribution in [1.29, 1.82) is 0 Å². The third-order valence-electron chi connectivity index (χ3n) is 7.55. The number of piperazine rings is 1. The second kappa shape index (κ2) is 14.0. The van der Waals surface area contributed by atoms with Crippen molar-refractivity contribution in [1.82, 2.24) is 24.7 Å². The molecule has 1 aromatic heterocycles. The summed E-state index contributed by atoms with van der Waals surface area (Å²) in [6, 6.07) is 13.7. The molecule has 14 heteroatoms. The van der Waals surface area contributed by atoms with Crippen LogP contribution in [0.4, 0.5) is 4.79 Å². The molecule has 2 aliphatic heterocycles. The van der Waals surface area contributed by atoms with Crippen LogP contribution in [0, 0.1) is 0 Å². The molecule has 0 spiro atoms. The van der Waals surface area contributed by atoms with Gasteiger partial charge in [0, 0.05) is 55.2 Å². The minimum atomic E-state index is -3.08. The van der Waals surface area contributed by atoms with Crippen LogP contribution in [0.25, 0.3) is 0 Å². The molecule has 10 nitrogen and oxygen atoms in total. The van der Waals surface area contributed by atoms with Crippen LogP contribution in [0.2, 0.25) is 10.0 Å². The Bertz CT molecular complexity index is 1620. The van der Waals surface area contributed by atoms with E-state index in [1.807, 2.05) is 49.6 Å². The maximum Gasteiger partial charge on any atom is 0.326 e. The van der Waals surface area contributed by atoms with Crippen molar-refractivity contribution in [2.24, 2.45) is 4.99 Å². The van der Waals surface area contributed by atoms with Gasteiger partial charge in [-0.05, 0) is 48.6 Å². The van der Waals surface area contributed by atoms with E-state index in [1.165, 1.54) is 18.0 Å². The SMILES string of the molecule is CCOc1nc(SC)ncc1C1=NC(c2ccc(Cl)cc2)C(c2ccc(Cl)cc2)N1C(=O)N1CCN(CCS(C)(=O)=O)CC1. The van der Waals surface area contributed by atoms with Crippen LogP contribution in [-0.2, 0) is 9.84 Å². The van der Waals surface area contributed by atoms with Gasteiger partial charge >= 0.3 is 6.03 Å². The highest BCUT2D eigenvalue weighted by atomic mass is 35.5. The summed E-state index contributed by atoms with van der Waals surface area (Å²) in [7, 11) is -3.08. The summed E-state index contributed by atoms with van der Waals surface area (Å²) >= 11 is 13.9. The molecular weight excluding hydrogens is 643 g/mol. The summed E-state index contributed by atoms with van der Waals surface area (Å²) in [5.41, 5.74) is 2.25. The van der Waals surface area contributed by atoms with Crippen molar-refractivity contribution in [3.8, 4) is 5.88 Å². The molecule has 2 aromatic carbocycles. The molecule has 3 aromatic rings. The fourth-order valence-electron chi connectivity index (χ4n) is 5.31. The van der Waals surface area contributed by atoms with Gasteiger partial charge in [0.2, 0.25) is 5.88 Å². The number of amidine groups is 1.